The number of benzene rings is 1. The Balaban J connectivity index is 0.00000176. The van der Waals surface area contributed by atoms with Gasteiger partial charge in [0.15, 0.2) is 5.82 Å². The number of aryl methyl sites for hydroxylation is 2. The minimum absolute atomic E-state index is 0. The van der Waals surface area contributed by atoms with Crippen molar-refractivity contribution in [2.24, 2.45) is 0 Å². The summed E-state index contributed by atoms with van der Waals surface area (Å²) in [7, 11) is 1.72. The summed E-state index contributed by atoms with van der Waals surface area (Å²) in [6.07, 6.45) is 3.43. The number of aromatic nitrogens is 2. The Morgan fingerprint density at radius 3 is 2.59 bits per heavy atom. The minimum Gasteiger partial charge on any atom is -0.368 e. The van der Waals surface area contributed by atoms with Gasteiger partial charge in [0.2, 0.25) is 0 Å². The van der Waals surface area contributed by atoms with Crippen LogP contribution < -0.4 is 5.32 Å². The van der Waals surface area contributed by atoms with E-state index < -0.39 is 5.60 Å². The van der Waals surface area contributed by atoms with Gasteiger partial charge in [-0.05, 0) is 37.9 Å². The van der Waals surface area contributed by atoms with E-state index >= 15 is 0 Å². The Morgan fingerprint density at radius 2 is 1.91 bits per heavy atom. The van der Waals surface area contributed by atoms with E-state index in [0.717, 1.165) is 44.6 Å². The van der Waals surface area contributed by atoms with Crippen molar-refractivity contribution in [1.29, 1.82) is 0 Å². The fourth-order valence-electron chi connectivity index (χ4n) is 2.78. The van der Waals surface area contributed by atoms with Crippen molar-refractivity contribution in [2.45, 2.75) is 31.3 Å². The first-order valence-corrected chi connectivity index (χ1v) is 7.45. The van der Waals surface area contributed by atoms with Gasteiger partial charge in [0.1, 0.15) is 5.60 Å². The molecule has 1 aliphatic heterocycles. The molecule has 1 aliphatic rings. The molecule has 22 heavy (non-hydrogen) atoms. The van der Waals surface area contributed by atoms with Gasteiger partial charge in [-0.1, -0.05) is 35.5 Å². The summed E-state index contributed by atoms with van der Waals surface area (Å²) in [5, 5.41) is 7.44. The normalized spacial score (nSPS) is 17.0. The lowest BCUT2D eigenvalue weighted by Gasteiger charge is -2.32. The largest absolute Gasteiger partial charge is 0.368 e. The maximum absolute atomic E-state index is 5.70. The van der Waals surface area contributed by atoms with Crippen LogP contribution in [0.1, 0.15) is 30.1 Å². The number of ether oxygens (including phenoxy) is 1. The van der Waals surface area contributed by atoms with Gasteiger partial charge in [-0.25, -0.2) is 0 Å². The van der Waals surface area contributed by atoms with Gasteiger partial charge in [0.25, 0.3) is 5.89 Å². The predicted octanol–water partition coefficient (Wildman–Crippen LogP) is 2.50. The van der Waals surface area contributed by atoms with E-state index in [9.17, 15) is 0 Å². The monoisotopic (exact) mass is 323 g/mol. The van der Waals surface area contributed by atoms with E-state index in [1.54, 1.807) is 7.11 Å². The maximum atomic E-state index is 5.70. The first-order valence-electron chi connectivity index (χ1n) is 7.45. The predicted molar refractivity (Wildman–Crippen MR) is 86.2 cm³/mol. The zero-order chi connectivity index (χ0) is 14.5. The summed E-state index contributed by atoms with van der Waals surface area (Å²) in [4.78, 5) is 4.56. The summed E-state index contributed by atoms with van der Waals surface area (Å²) < 4.78 is 11.2. The maximum Gasteiger partial charge on any atom is 0.258 e. The highest BCUT2D eigenvalue weighted by molar-refractivity contribution is 5.85. The summed E-state index contributed by atoms with van der Waals surface area (Å²) >= 11 is 0. The Kier molecular flexibility index (Phi) is 5.94. The van der Waals surface area contributed by atoms with Crippen molar-refractivity contribution in [3.63, 3.8) is 0 Å². The molecule has 0 radical (unpaired) electrons. The molecule has 5 nitrogen and oxygen atoms in total. The molecule has 0 amide bonds. The Bertz CT molecular complexity index is 568. The van der Waals surface area contributed by atoms with Crippen molar-refractivity contribution in [3.05, 3.63) is 47.6 Å². The molecule has 0 aliphatic carbocycles. The van der Waals surface area contributed by atoms with E-state index in [1.165, 1.54) is 5.56 Å². The quantitative estimate of drug-likeness (QED) is 0.916. The molecule has 3 rings (SSSR count). The van der Waals surface area contributed by atoms with E-state index in [2.05, 4.69) is 27.6 Å². The standard InChI is InChI=1S/C16H21N3O2.ClH/c1-20-16(9-11-17-12-10-16)15-18-14(19-21-15)8-7-13-5-3-2-4-6-13;/h2-6,17H,7-12H2,1H3;1H. The number of piperidine rings is 1. The van der Waals surface area contributed by atoms with Crippen molar-refractivity contribution in [2.75, 3.05) is 20.2 Å². The Labute approximate surface area is 136 Å². The minimum atomic E-state index is -0.413. The molecule has 1 aromatic carbocycles. The number of halogens is 1. The first kappa shape index (κ1) is 16.9. The average molecular weight is 324 g/mol. The summed E-state index contributed by atoms with van der Waals surface area (Å²) in [5.41, 5.74) is 0.871. The molecule has 1 aromatic heterocycles. The summed E-state index contributed by atoms with van der Waals surface area (Å²) in [6.45, 7) is 1.82. The lowest BCUT2D eigenvalue weighted by Crippen LogP contribution is -2.41. The molecule has 1 fully saturated rings. The number of methoxy groups -OCH3 is 1. The van der Waals surface area contributed by atoms with Crippen LogP contribution in [0.15, 0.2) is 34.9 Å². The molecule has 6 heteroatoms. The lowest BCUT2D eigenvalue weighted by molar-refractivity contribution is -0.0622. The van der Waals surface area contributed by atoms with Gasteiger partial charge in [0, 0.05) is 13.5 Å². The number of hydrogen-bond acceptors (Lipinski definition) is 5. The SMILES string of the molecule is COC1(c2nc(CCc3ccccc3)no2)CCNCC1.Cl. The molecule has 0 atom stereocenters. The van der Waals surface area contributed by atoms with Gasteiger partial charge < -0.3 is 14.6 Å². The summed E-state index contributed by atoms with van der Waals surface area (Å²) in [5.74, 6) is 1.37. The van der Waals surface area contributed by atoms with Gasteiger partial charge in [-0.2, -0.15) is 4.98 Å². The second kappa shape index (κ2) is 7.72. The molecular formula is C16H22ClN3O2. The fraction of sp³-hybridized carbons (Fsp3) is 0.500. The first-order chi connectivity index (χ1) is 10.3. The van der Waals surface area contributed by atoms with E-state index in [0.29, 0.717) is 5.89 Å². The molecule has 0 unspecified atom stereocenters. The van der Waals surface area contributed by atoms with Crippen LogP contribution >= 0.6 is 12.4 Å². The second-order valence-corrected chi connectivity index (χ2v) is 5.45. The highest BCUT2D eigenvalue weighted by Crippen LogP contribution is 2.32. The molecule has 0 bridgehead atoms. The Morgan fingerprint density at radius 1 is 1.18 bits per heavy atom. The zero-order valence-corrected chi connectivity index (χ0v) is 13.6. The van der Waals surface area contributed by atoms with Crippen LogP contribution in [0.25, 0.3) is 0 Å². The van der Waals surface area contributed by atoms with Crippen molar-refractivity contribution in [3.8, 4) is 0 Å². The second-order valence-electron chi connectivity index (χ2n) is 5.45. The number of nitrogens with one attached hydrogen (secondary N) is 1. The molecular weight excluding hydrogens is 302 g/mol. The summed E-state index contributed by atoms with van der Waals surface area (Å²) in [6, 6.07) is 10.3. The molecule has 2 heterocycles. The molecule has 120 valence electrons. The lowest BCUT2D eigenvalue weighted by atomic mass is 9.92. The number of nitrogens with zero attached hydrogens (tertiary/aromatic N) is 2. The highest BCUT2D eigenvalue weighted by atomic mass is 35.5. The average Bonchev–Trinajstić information content (AvgIpc) is 3.04. The van der Waals surface area contributed by atoms with Crippen LogP contribution in [0.4, 0.5) is 0 Å². The topological polar surface area (TPSA) is 60.2 Å². The number of hydrogen-bond donors (Lipinski definition) is 1. The van der Waals surface area contributed by atoms with Gasteiger partial charge in [0.05, 0.1) is 0 Å². The molecule has 0 spiro atoms. The Hall–Kier alpha value is -1.43. The van der Waals surface area contributed by atoms with Crippen LogP contribution in [0.5, 0.6) is 0 Å². The third kappa shape index (κ3) is 3.66. The van der Waals surface area contributed by atoms with Crippen LogP contribution in [0.2, 0.25) is 0 Å². The fourth-order valence-corrected chi connectivity index (χ4v) is 2.78. The van der Waals surface area contributed by atoms with Crippen molar-refractivity contribution in [1.82, 2.24) is 15.5 Å². The van der Waals surface area contributed by atoms with Crippen LogP contribution in [-0.4, -0.2) is 30.3 Å². The number of rotatable bonds is 5. The van der Waals surface area contributed by atoms with Crippen molar-refractivity contribution < 1.29 is 9.26 Å². The molecule has 1 saturated heterocycles. The molecule has 2 aromatic rings. The molecule has 1 N–H and O–H groups in total. The van der Waals surface area contributed by atoms with Gasteiger partial charge >= 0.3 is 0 Å². The van der Waals surface area contributed by atoms with Gasteiger partial charge in [-0.3, -0.25) is 0 Å². The van der Waals surface area contributed by atoms with Crippen LogP contribution in [0.3, 0.4) is 0 Å². The van der Waals surface area contributed by atoms with E-state index in [-0.39, 0.29) is 12.4 Å². The van der Waals surface area contributed by atoms with E-state index in [4.69, 9.17) is 9.26 Å². The van der Waals surface area contributed by atoms with Crippen molar-refractivity contribution >= 4 is 12.4 Å². The molecule has 0 saturated carbocycles. The van der Waals surface area contributed by atoms with Crippen LogP contribution in [-0.2, 0) is 23.2 Å². The third-order valence-electron chi connectivity index (χ3n) is 4.14. The van der Waals surface area contributed by atoms with E-state index in [1.807, 2.05) is 18.2 Å². The van der Waals surface area contributed by atoms with Crippen LogP contribution in [0, 0.1) is 0 Å². The third-order valence-corrected chi connectivity index (χ3v) is 4.14. The highest BCUT2D eigenvalue weighted by Gasteiger charge is 2.39. The van der Waals surface area contributed by atoms with Gasteiger partial charge in [-0.15, -0.1) is 12.4 Å². The smallest absolute Gasteiger partial charge is 0.258 e. The zero-order valence-electron chi connectivity index (χ0n) is 12.7.